The van der Waals surface area contributed by atoms with Gasteiger partial charge in [-0.1, -0.05) is 12.1 Å². The minimum atomic E-state index is -0.744. The van der Waals surface area contributed by atoms with Crippen LogP contribution in [-0.2, 0) is 9.53 Å². The fourth-order valence-electron chi connectivity index (χ4n) is 2.01. The molecule has 5 nitrogen and oxygen atoms in total. The number of ether oxygens (including phenoxy) is 3. The molecule has 0 unspecified atom stereocenters. The zero-order valence-corrected chi connectivity index (χ0v) is 11.5. The Morgan fingerprint density at radius 1 is 1.60 bits per heavy atom. The molecule has 1 aromatic rings. The maximum absolute atomic E-state index is 10.5. The fourth-order valence-corrected chi connectivity index (χ4v) is 2.24. The maximum atomic E-state index is 10.5. The van der Waals surface area contributed by atoms with Gasteiger partial charge in [0, 0.05) is 5.56 Å². The molecule has 0 saturated carbocycles. The summed E-state index contributed by atoms with van der Waals surface area (Å²) in [5.41, 5.74) is 1.08. The number of para-hydroxylation sites is 1. The first kappa shape index (κ1) is 14.2. The number of nitriles is 1. The van der Waals surface area contributed by atoms with Gasteiger partial charge >= 0.3 is 0 Å². The Labute approximate surface area is 121 Å². The zero-order valence-electron chi connectivity index (χ0n) is 10.7. The minimum absolute atomic E-state index is 0.0207. The Bertz CT molecular complexity index is 579. The quantitative estimate of drug-likeness (QED) is 0.614. The molecule has 20 heavy (non-hydrogen) atoms. The van der Waals surface area contributed by atoms with Crippen LogP contribution in [0.4, 0.5) is 0 Å². The van der Waals surface area contributed by atoms with Crippen LogP contribution in [-0.4, -0.2) is 31.7 Å². The van der Waals surface area contributed by atoms with Gasteiger partial charge in [0.1, 0.15) is 0 Å². The highest BCUT2D eigenvalue weighted by molar-refractivity contribution is 6.18. The van der Waals surface area contributed by atoms with Gasteiger partial charge in [0.25, 0.3) is 6.47 Å². The predicted molar refractivity (Wildman–Crippen MR) is 72.7 cm³/mol. The standard InChI is InChI=1S/C14H12ClNO4/c1-18-11-4-2-3-9-5-10(7-16)14(20-13(9)11)12(6-15)19-8-17/h2-5,8,12,14H,6H2,1H3/t12-,14+/m1/s1. The summed E-state index contributed by atoms with van der Waals surface area (Å²) in [6.07, 6.45) is 0.198. The normalized spacial score (nSPS) is 17.9. The lowest BCUT2D eigenvalue weighted by Gasteiger charge is -2.29. The van der Waals surface area contributed by atoms with Crippen LogP contribution in [0.2, 0.25) is 0 Å². The molecule has 1 aliphatic heterocycles. The fraction of sp³-hybridized carbons (Fsp3) is 0.286. The van der Waals surface area contributed by atoms with Crippen LogP contribution >= 0.6 is 11.6 Å². The molecule has 104 valence electrons. The Hall–Kier alpha value is -2.19. The Balaban J connectivity index is 2.44. The molecule has 0 bridgehead atoms. The van der Waals surface area contributed by atoms with Crippen molar-refractivity contribution in [3.8, 4) is 17.6 Å². The third-order valence-corrected chi connectivity index (χ3v) is 3.24. The highest BCUT2D eigenvalue weighted by atomic mass is 35.5. The summed E-state index contributed by atoms with van der Waals surface area (Å²) >= 11 is 5.77. The zero-order chi connectivity index (χ0) is 14.5. The molecule has 0 aromatic heterocycles. The number of rotatable bonds is 5. The van der Waals surface area contributed by atoms with Gasteiger partial charge in [0.05, 0.1) is 24.6 Å². The van der Waals surface area contributed by atoms with E-state index in [9.17, 15) is 10.1 Å². The van der Waals surface area contributed by atoms with E-state index >= 15 is 0 Å². The van der Waals surface area contributed by atoms with Gasteiger partial charge in [-0.2, -0.15) is 5.26 Å². The SMILES string of the molecule is COc1cccc2c1O[C@H]([C@@H](CCl)OC=O)C(C#N)=C2. The number of halogens is 1. The van der Waals surface area contributed by atoms with Crippen molar-refractivity contribution in [1.29, 1.82) is 5.26 Å². The van der Waals surface area contributed by atoms with E-state index in [1.54, 1.807) is 18.2 Å². The largest absolute Gasteiger partial charge is 0.493 e. The third kappa shape index (κ3) is 2.56. The topological polar surface area (TPSA) is 68.6 Å². The number of alkyl halides is 1. The summed E-state index contributed by atoms with van der Waals surface area (Å²) in [6.45, 7) is 0.295. The van der Waals surface area contributed by atoms with Gasteiger partial charge in [0.15, 0.2) is 23.7 Å². The lowest BCUT2D eigenvalue weighted by Crippen LogP contribution is -2.38. The van der Waals surface area contributed by atoms with Gasteiger partial charge in [-0.05, 0) is 12.1 Å². The summed E-state index contributed by atoms with van der Waals surface area (Å²) in [5, 5.41) is 9.21. The monoisotopic (exact) mass is 293 g/mol. The van der Waals surface area contributed by atoms with Gasteiger partial charge in [-0.25, -0.2) is 0 Å². The molecule has 6 heteroatoms. The molecule has 1 heterocycles. The number of methoxy groups -OCH3 is 1. The van der Waals surface area contributed by atoms with Crippen molar-refractivity contribution < 1.29 is 19.0 Å². The summed E-state index contributed by atoms with van der Waals surface area (Å²) in [5.74, 6) is 1.07. The predicted octanol–water partition coefficient (Wildman–Crippen LogP) is 2.14. The van der Waals surface area contributed by atoms with Crippen LogP contribution in [0, 0.1) is 11.3 Å². The first-order chi connectivity index (χ1) is 9.74. The molecule has 2 atom stereocenters. The van der Waals surface area contributed by atoms with Crippen molar-refractivity contribution in [2.24, 2.45) is 0 Å². The maximum Gasteiger partial charge on any atom is 0.293 e. The lowest BCUT2D eigenvalue weighted by atomic mass is 9.99. The van der Waals surface area contributed by atoms with E-state index in [0.717, 1.165) is 5.56 Å². The lowest BCUT2D eigenvalue weighted by molar-refractivity contribution is -0.135. The average Bonchev–Trinajstić information content (AvgIpc) is 2.50. The second-order valence-electron chi connectivity index (χ2n) is 4.05. The Morgan fingerprint density at radius 2 is 2.40 bits per heavy atom. The first-order valence-corrected chi connectivity index (χ1v) is 6.39. The van der Waals surface area contributed by atoms with Gasteiger partial charge in [-0.15, -0.1) is 11.6 Å². The Kier molecular flexibility index (Phi) is 4.49. The first-order valence-electron chi connectivity index (χ1n) is 5.85. The molecule has 0 saturated heterocycles. The summed E-state index contributed by atoms with van der Waals surface area (Å²) < 4.78 is 15.9. The average molecular weight is 294 g/mol. The van der Waals surface area contributed by atoms with Crippen molar-refractivity contribution in [3.63, 3.8) is 0 Å². The van der Waals surface area contributed by atoms with E-state index in [1.807, 2.05) is 12.1 Å². The Morgan fingerprint density at radius 3 is 3.00 bits per heavy atom. The van der Waals surface area contributed by atoms with Crippen LogP contribution in [0.25, 0.3) is 6.08 Å². The molecule has 0 spiro atoms. The number of nitrogens with zero attached hydrogens (tertiary/aromatic N) is 1. The summed E-state index contributed by atoms with van der Waals surface area (Å²) in [6, 6.07) is 7.40. The summed E-state index contributed by atoms with van der Waals surface area (Å²) in [7, 11) is 1.53. The highest BCUT2D eigenvalue weighted by Gasteiger charge is 2.33. The van der Waals surface area contributed by atoms with E-state index in [2.05, 4.69) is 0 Å². The van der Waals surface area contributed by atoms with Crippen LogP contribution < -0.4 is 9.47 Å². The minimum Gasteiger partial charge on any atom is -0.493 e. The van der Waals surface area contributed by atoms with Crippen molar-refractivity contribution in [3.05, 3.63) is 29.3 Å². The van der Waals surface area contributed by atoms with E-state index in [0.29, 0.717) is 23.5 Å². The number of carbonyl (C=O) groups is 1. The van der Waals surface area contributed by atoms with Crippen LogP contribution in [0.1, 0.15) is 5.56 Å². The van der Waals surface area contributed by atoms with Crippen LogP contribution in [0.15, 0.2) is 23.8 Å². The molecule has 0 fully saturated rings. The molecule has 2 rings (SSSR count). The second-order valence-corrected chi connectivity index (χ2v) is 4.36. The molecule has 0 N–H and O–H groups in total. The van der Waals surface area contributed by atoms with E-state index in [4.69, 9.17) is 25.8 Å². The molecule has 1 aromatic carbocycles. The molecule has 1 aliphatic rings. The molecular weight excluding hydrogens is 282 g/mol. The van der Waals surface area contributed by atoms with Gasteiger partial charge in [-0.3, -0.25) is 4.79 Å². The van der Waals surface area contributed by atoms with Gasteiger partial charge in [0.2, 0.25) is 0 Å². The number of hydrogen-bond donors (Lipinski definition) is 0. The van der Waals surface area contributed by atoms with Crippen molar-refractivity contribution >= 4 is 24.1 Å². The number of fused-ring (bicyclic) bond motifs is 1. The van der Waals surface area contributed by atoms with E-state index < -0.39 is 12.2 Å². The number of benzene rings is 1. The smallest absolute Gasteiger partial charge is 0.293 e. The number of carbonyl (C=O) groups excluding carboxylic acids is 1. The number of hydrogen-bond acceptors (Lipinski definition) is 5. The molecule has 0 aliphatic carbocycles. The van der Waals surface area contributed by atoms with Crippen molar-refractivity contribution in [2.75, 3.05) is 13.0 Å². The van der Waals surface area contributed by atoms with Crippen molar-refractivity contribution in [2.45, 2.75) is 12.2 Å². The molecular formula is C14H12ClNO4. The van der Waals surface area contributed by atoms with Crippen LogP contribution in [0.5, 0.6) is 11.5 Å². The van der Waals surface area contributed by atoms with E-state index in [-0.39, 0.29) is 5.88 Å². The highest BCUT2D eigenvalue weighted by Crippen LogP contribution is 2.38. The molecule has 0 amide bonds. The molecule has 0 radical (unpaired) electrons. The van der Waals surface area contributed by atoms with Crippen LogP contribution in [0.3, 0.4) is 0 Å². The third-order valence-electron chi connectivity index (χ3n) is 2.94. The van der Waals surface area contributed by atoms with Crippen molar-refractivity contribution in [1.82, 2.24) is 0 Å². The summed E-state index contributed by atoms with van der Waals surface area (Å²) in [4.78, 5) is 10.5. The van der Waals surface area contributed by atoms with Gasteiger partial charge < -0.3 is 14.2 Å². The van der Waals surface area contributed by atoms with E-state index in [1.165, 1.54) is 7.11 Å². The second kappa shape index (κ2) is 6.31.